The van der Waals surface area contributed by atoms with Gasteiger partial charge < -0.3 is 15.7 Å². The number of carboxylic acids is 1. The SMILES string of the molecule is CS(=O)(=O)NCCNC(=O)Nc1ccc(Br)c(C(=O)O)c1. The van der Waals surface area contributed by atoms with E-state index in [1.165, 1.54) is 18.2 Å². The first-order valence-electron chi connectivity index (χ1n) is 5.71. The number of aromatic carboxylic acids is 1. The first kappa shape index (κ1) is 17.4. The van der Waals surface area contributed by atoms with Crippen molar-refractivity contribution in [3.63, 3.8) is 0 Å². The van der Waals surface area contributed by atoms with Gasteiger partial charge >= 0.3 is 12.0 Å². The van der Waals surface area contributed by atoms with Crippen molar-refractivity contribution >= 4 is 43.6 Å². The lowest BCUT2D eigenvalue weighted by molar-refractivity contribution is 0.0696. The minimum Gasteiger partial charge on any atom is -0.478 e. The van der Waals surface area contributed by atoms with E-state index < -0.39 is 22.0 Å². The number of rotatable bonds is 6. The number of urea groups is 1. The molecule has 0 fully saturated rings. The lowest BCUT2D eigenvalue weighted by Gasteiger charge is -2.09. The lowest BCUT2D eigenvalue weighted by atomic mass is 10.2. The summed E-state index contributed by atoms with van der Waals surface area (Å²) < 4.78 is 24.2. The molecule has 4 N–H and O–H groups in total. The average Bonchev–Trinajstić information content (AvgIpc) is 2.35. The number of amides is 2. The molecule has 0 aliphatic rings. The summed E-state index contributed by atoms with van der Waals surface area (Å²) in [6.07, 6.45) is 1.02. The maximum Gasteiger partial charge on any atom is 0.336 e. The largest absolute Gasteiger partial charge is 0.478 e. The number of sulfonamides is 1. The Balaban J connectivity index is 2.52. The number of anilines is 1. The highest BCUT2D eigenvalue weighted by Crippen LogP contribution is 2.21. The molecule has 116 valence electrons. The summed E-state index contributed by atoms with van der Waals surface area (Å²) in [4.78, 5) is 22.5. The third kappa shape index (κ3) is 6.56. The summed E-state index contributed by atoms with van der Waals surface area (Å²) in [7, 11) is -3.29. The van der Waals surface area contributed by atoms with Gasteiger partial charge in [-0.3, -0.25) is 0 Å². The quantitative estimate of drug-likeness (QED) is 0.544. The van der Waals surface area contributed by atoms with Crippen molar-refractivity contribution in [1.82, 2.24) is 10.0 Å². The number of hydrogen-bond acceptors (Lipinski definition) is 4. The van der Waals surface area contributed by atoms with Crippen molar-refractivity contribution in [2.75, 3.05) is 24.7 Å². The fourth-order valence-electron chi connectivity index (χ4n) is 1.35. The van der Waals surface area contributed by atoms with Crippen LogP contribution >= 0.6 is 15.9 Å². The number of nitrogens with one attached hydrogen (secondary N) is 3. The molecular weight excluding hydrogens is 366 g/mol. The van der Waals surface area contributed by atoms with Gasteiger partial charge in [-0.25, -0.2) is 22.7 Å². The molecule has 0 aliphatic heterocycles. The summed E-state index contributed by atoms with van der Waals surface area (Å²) in [6, 6.07) is 3.78. The van der Waals surface area contributed by atoms with Crippen LogP contribution in [0.1, 0.15) is 10.4 Å². The summed E-state index contributed by atoms with van der Waals surface area (Å²) in [6.45, 7) is 0.161. The second-order valence-corrected chi connectivity index (χ2v) is 6.73. The van der Waals surface area contributed by atoms with Gasteiger partial charge in [0.05, 0.1) is 11.8 Å². The second kappa shape index (κ2) is 7.38. The van der Waals surface area contributed by atoms with Crippen LogP contribution in [0.4, 0.5) is 10.5 Å². The Hall–Kier alpha value is -1.65. The van der Waals surface area contributed by atoms with E-state index in [1.54, 1.807) is 0 Å². The topological polar surface area (TPSA) is 125 Å². The van der Waals surface area contributed by atoms with E-state index in [-0.39, 0.29) is 18.7 Å². The van der Waals surface area contributed by atoms with Crippen molar-refractivity contribution in [1.29, 1.82) is 0 Å². The smallest absolute Gasteiger partial charge is 0.336 e. The van der Waals surface area contributed by atoms with Crippen molar-refractivity contribution in [3.8, 4) is 0 Å². The predicted molar refractivity (Wildman–Crippen MR) is 81.0 cm³/mol. The lowest BCUT2D eigenvalue weighted by Crippen LogP contribution is -2.36. The summed E-state index contributed by atoms with van der Waals surface area (Å²) in [5.41, 5.74) is 0.329. The number of carbonyl (C=O) groups excluding carboxylic acids is 1. The zero-order chi connectivity index (χ0) is 16.0. The maximum atomic E-state index is 11.5. The fourth-order valence-corrected chi connectivity index (χ4v) is 2.24. The minimum absolute atomic E-state index is 0.0199. The van der Waals surface area contributed by atoms with Crippen LogP contribution in [-0.2, 0) is 10.0 Å². The molecule has 0 aliphatic carbocycles. The Kier molecular flexibility index (Phi) is 6.12. The van der Waals surface area contributed by atoms with Crippen LogP contribution in [-0.4, -0.2) is 44.9 Å². The molecule has 0 unspecified atom stereocenters. The molecule has 0 bridgehead atoms. The van der Waals surface area contributed by atoms with E-state index in [0.29, 0.717) is 10.2 Å². The highest BCUT2D eigenvalue weighted by molar-refractivity contribution is 9.10. The predicted octanol–water partition coefficient (Wildman–Crippen LogP) is 0.818. The number of benzene rings is 1. The van der Waals surface area contributed by atoms with Crippen molar-refractivity contribution in [3.05, 3.63) is 28.2 Å². The van der Waals surface area contributed by atoms with Gasteiger partial charge in [0.1, 0.15) is 0 Å². The van der Waals surface area contributed by atoms with E-state index in [2.05, 4.69) is 31.3 Å². The molecule has 0 heterocycles. The Morgan fingerprint density at radius 1 is 1.29 bits per heavy atom. The Bertz CT molecular complexity index is 647. The van der Waals surface area contributed by atoms with E-state index >= 15 is 0 Å². The van der Waals surface area contributed by atoms with Crippen molar-refractivity contribution < 1.29 is 23.1 Å². The number of halogens is 1. The molecule has 0 saturated heterocycles. The summed E-state index contributed by atoms with van der Waals surface area (Å²) in [5.74, 6) is -1.12. The van der Waals surface area contributed by atoms with Crippen molar-refractivity contribution in [2.45, 2.75) is 0 Å². The van der Waals surface area contributed by atoms with Gasteiger partial charge in [0.15, 0.2) is 0 Å². The van der Waals surface area contributed by atoms with Gasteiger partial charge in [0.2, 0.25) is 10.0 Å². The summed E-state index contributed by atoms with van der Waals surface area (Å²) in [5, 5.41) is 13.8. The molecule has 0 spiro atoms. The fraction of sp³-hybridized carbons (Fsp3) is 0.273. The third-order valence-corrected chi connectivity index (χ3v) is 3.65. The molecule has 1 rings (SSSR count). The first-order chi connectivity index (χ1) is 9.69. The minimum atomic E-state index is -3.29. The van der Waals surface area contributed by atoms with Crippen LogP contribution in [0.2, 0.25) is 0 Å². The molecule has 0 aromatic heterocycles. The zero-order valence-corrected chi connectivity index (χ0v) is 13.4. The van der Waals surface area contributed by atoms with Crippen LogP contribution in [0.3, 0.4) is 0 Å². The highest BCUT2D eigenvalue weighted by atomic mass is 79.9. The number of carboxylic acid groups (broad SMARTS) is 1. The average molecular weight is 380 g/mol. The van der Waals surface area contributed by atoms with Gasteiger partial charge in [-0.1, -0.05) is 0 Å². The van der Waals surface area contributed by atoms with Crippen molar-refractivity contribution in [2.24, 2.45) is 0 Å². The van der Waals surface area contributed by atoms with E-state index in [1.807, 2.05) is 0 Å². The van der Waals surface area contributed by atoms with E-state index in [0.717, 1.165) is 6.26 Å². The second-order valence-electron chi connectivity index (χ2n) is 4.05. The third-order valence-electron chi connectivity index (χ3n) is 2.23. The van der Waals surface area contributed by atoms with Gasteiger partial charge in [-0.2, -0.15) is 0 Å². The Morgan fingerprint density at radius 2 is 1.95 bits per heavy atom. The van der Waals surface area contributed by atoms with Crippen LogP contribution in [0.15, 0.2) is 22.7 Å². The molecular formula is C11H14BrN3O5S. The standard InChI is InChI=1S/C11H14BrN3O5S/c1-21(19,20)14-5-4-13-11(18)15-7-2-3-9(12)8(6-7)10(16)17/h2-3,6,14H,4-5H2,1H3,(H,16,17)(H2,13,15,18). The molecule has 1 aromatic rings. The van der Waals surface area contributed by atoms with Gasteiger partial charge in [-0.15, -0.1) is 0 Å². The van der Waals surface area contributed by atoms with Gasteiger partial charge in [0, 0.05) is 23.2 Å². The maximum absolute atomic E-state index is 11.5. The molecule has 0 saturated carbocycles. The molecule has 8 nitrogen and oxygen atoms in total. The monoisotopic (exact) mass is 379 g/mol. The number of carbonyl (C=O) groups is 2. The zero-order valence-electron chi connectivity index (χ0n) is 11.0. The summed E-state index contributed by atoms with van der Waals surface area (Å²) >= 11 is 3.09. The van der Waals surface area contributed by atoms with Gasteiger partial charge in [-0.05, 0) is 34.1 Å². The van der Waals surface area contributed by atoms with Crippen LogP contribution < -0.4 is 15.4 Å². The highest BCUT2D eigenvalue weighted by Gasteiger charge is 2.10. The van der Waals surface area contributed by atoms with E-state index in [4.69, 9.17) is 5.11 Å². The number of hydrogen-bond donors (Lipinski definition) is 4. The van der Waals surface area contributed by atoms with E-state index in [9.17, 15) is 18.0 Å². The molecule has 1 aromatic carbocycles. The molecule has 2 amide bonds. The van der Waals surface area contributed by atoms with Crippen LogP contribution in [0.25, 0.3) is 0 Å². The van der Waals surface area contributed by atoms with Crippen LogP contribution in [0.5, 0.6) is 0 Å². The van der Waals surface area contributed by atoms with Crippen LogP contribution in [0, 0.1) is 0 Å². The Morgan fingerprint density at radius 3 is 2.52 bits per heavy atom. The molecule has 0 atom stereocenters. The Labute approximate surface area is 130 Å². The normalized spacial score (nSPS) is 11.0. The molecule has 0 radical (unpaired) electrons. The van der Waals surface area contributed by atoms with Gasteiger partial charge in [0.25, 0.3) is 0 Å². The molecule has 10 heteroatoms. The molecule has 21 heavy (non-hydrogen) atoms. The first-order valence-corrected chi connectivity index (χ1v) is 8.40.